The van der Waals surface area contributed by atoms with E-state index < -0.39 is 9.03 Å². The van der Waals surface area contributed by atoms with Crippen LogP contribution in [0, 0.1) is 0 Å². The standard InChI is InChI=1S/2K.HO2P/c;;1-3-2/h;;3H/q2*+1;-2. The van der Waals surface area contributed by atoms with Crippen molar-refractivity contribution in [2.75, 3.05) is 0 Å². The van der Waals surface area contributed by atoms with Gasteiger partial charge in [-0.15, -0.1) is 0 Å². The second-order valence-corrected chi connectivity index (χ2v) is 0.250. The van der Waals surface area contributed by atoms with E-state index in [1.54, 1.807) is 0 Å². The first-order chi connectivity index (χ1) is 1.41. The largest absolute Gasteiger partial charge is 1.00 e. The fourth-order valence-corrected chi connectivity index (χ4v) is 0. The summed E-state index contributed by atoms with van der Waals surface area (Å²) in [5.41, 5.74) is 0. The minimum Gasteiger partial charge on any atom is -0.844 e. The molecule has 0 heterocycles. The molecule has 5 heavy (non-hydrogen) atoms. The van der Waals surface area contributed by atoms with Gasteiger partial charge in [0.25, 0.3) is 0 Å². The monoisotopic (exact) mass is 142 g/mol. The summed E-state index contributed by atoms with van der Waals surface area (Å²) in [6.07, 6.45) is 0. The van der Waals surface area contributed by atoms with Crippen molar-refractivity contribution in [1.82, 2.24) is 0 Å². The molecule has 0 spiro atoms. The van der Waals surface area contributed by atoms with Crippen molar-refractivity contribution in [2.45, 2.75) is 0 Å². The van der Waals surface area contributed by atoms with Crippen LogP contribution in [0.25, 0.3) is 0 Å². The summed E-state index contributed by atoms with van der Waals surface area (Å²) in [4.78, 5) is 16.8. The summed E-state index contributed by atoms with van der Waals surface area (Å²) in [7, 11) is -1.42. The molecule has 0 atom stereocenters. The molecule has 0 saturated heterocycles. The van der Waals surface area contributed by atoms with Crippen molar-refractivity contribution in [3.8, 4) is 0 Å². The van der Waals surface area contributed by atoms with Crippen LogP contribution in [0.2, 0.25) is 0 Å². The van der Waals surface area contributed by atoms with Crippen LogP contribution >= 0.6 is 9.03 Å². The third-order valence-corrected chi connectivity index (χ3v) is 0. The Balaban J connectivity index is -0.0000000200. The normalized spacial score (nSPS) is 3.60. The Labute approximate surface area is 118 Å². The molecule has 5 heteroatoms. The summed E-state index contributed by atoms with van der Waals surface area (Å²) in [6, 6.07) is 0. The molecule has 0 radical (unpaired) electrons. The van der Waals surface area contributed by atoms with Crippen molar-refractivity contribution in [3.05, 3.63) is 0 Å². The maximum Gasteiger partial charge on any atom is 1.00 e. The molecule has 0 bridgehead atoms. The van der Waals surface area contributed by atoms with E-state index in [0.29, 0.717) is 0 Å². The molecule has 0 rings (SSSR count). The topological polar surface area (TPSA) is 46.1 Å². The fourth-order valence-electron chi connectivity index (χ4n) is 0. The van der Waals surface area contributed by atoms with E-state index in [1.165, 1.54) is 0 Å². The molecule has 0 saturated carbocycles. The van der Waals surface area contributed by atoms with Gasteiger partial charge in [0.1, 0.15) is 0 Å². The maximum atomic E-state index is 8.40. The quantitative estimate of drug-likeness (QED) is 0.249. The van der Waals surface area contributed by atoms with Gasteiger partial charge >= 0.3 is 103 Å². The summed E-state index contributed by atoms with van der Waals surface area (Å²) >= 11 is 0. The molecule has 0 aliphatic carbocycles. The van der Waals surface area contributed by atoms with E-state index in [2.05, 4.69) is 0 Å². The van der Waals surface area contributed by atoms with Crippen molar-refractivity contribution in [3.63, 3.8) is 0 Å². The van der Waals surface area contributed by atoms with Crippen LogP contribution in [0.5, 0.6) is 0 Å². The Hall–Kier alpha value is 3.62. The van der Waals surface area contributed by atoms with Gasteiger partial charge in [-0.25, -0.2) is 0 Å². The Bertz CT molecular complexity index is 7.61. The van der Waals surface area contributed by atoms with Crippen LogP contribution < -0.4 is 113 Å². The molecular formula is HK2O2P. The maximum absolute atomic E-state index is 8.40. The van der Waals surface area contributed by atoms with Crippen LogP contribution in [0.4, 0.5) is 0 Å². The first-order valence-corrected chi connectivity index (χ1v) is 1.22. The average Bonchev–Trinajstić information content (AvgIpc) is 0.918. The fraction of sp³-hybridized carbons (Fsp3) is 0. The Morgan fingerprint density at radius 2 is 1.00 bits per heavy atom. The molecule has 0 amide bonds. The van der Waals surface area contributed by atoms with Gasteiger partial charge in [-0.2, -0.15) is 0 Å². The van der Waals surface area contributed by atoms with Crippen molar-refractivity contribution in [2.24, 2.45) is 0 Å². The SMILES string of the molecule is [K+].[K+].[O-]P[O-]. The minimum atomic E-state index is -1.42. The van der Waals surface area contributed by atoms with Crippen LogP contribution in [0.15, 0.2) is 0 Å². The molecule has 0 N–H and O–H groups in total. The van der Waals surface area contributed by atoms with Crippen LogP contribution in [0.1, 0.15) is 0 Å². The van der Waals surface area contributed by atoms with Gasteiger partial charge < -0.3 is 18.8 Å². The van der Waals surface area contributed by atoms with E-state index in [1.807, 2.05) is 0 Å². The summed E-state index contributed by atoms with van der Waals surface area (Å²) in [5.74, 6) is 0. The third-order valence-electron chi connectivity index (χ3n) is 0. The Morgan fingerprint density at radius 3 is 1.00 bits per heavy atom. The Morgan fingerprint density at radius 1 is 1.00 bits per heavy atom. The molecule has 0 aromatic carbocycles. The Kier molecular flexibility index (Phi) is 49.6. The van der Waals surface area contributed by atoms with Crippen LogP contribution in [-0.4, -0.2) is 0 Å². The summed E-state index contributed by atoms with van der Waals surface area (Å²) in [6.45, 7) is 0. The van der Waals surface area contributed by atoms with Gasteiger partial charge in [-0.1, -0.05) is 0 Å². The van der Waals surface area contributed by atoms with E-state index in [0.717, 1.165) is 0 Å². The van der Waals surface area contributed by atoms with Gasteiger partial charge in [0.2, 0.25) is 0 Å². The van der Waals surface area contributed by atoms with Gasteiger partial charge in [0, 0.05) is 0 Å². The van der Waals surface area contributed by atoms with Crippen molar-refractivity contribution < 1.29 is 113 Å². The smallest absolute Gasteiger partial charge is 0.844 e. The summed E-state index contributed by atoms with van der Waals surface area (Å²) in [5, 5.41) is 0. The number of hydrogen-bond acceptors (Lipinski definition) is 2. The molecule has 0 aromatic heterocycles. The third kappa shape index (κ3) is 18.4. The molecule has 0 aromatic rings. The number of hydrogen-bond donors (Lipinski definition) is 0. The van der Waals surface area contributed by atoms with Gasteiger partial charge in [-0.3, -0.25) is 0 Å². The first kappa shape index (κ1) is 15.8. The van der Waals surface area contributed by atoms with Crippen LogP contribution in [-0.2, 0) is 0 Å². The molecular weight excluding hydrogens is 141 g/mol. The molecule has 0 unspecified atom stereocenters. The molecule has 0 fully saturated rings. The van der Waals surface area contributed by atoms with E-state index in [4.69, 9.17) is 9.79 Å². The molecule has 0 aliphatic rings. The predicted octanol–water partition coefficient (Wildman–Crippen LogP) is -7.78. The van der Waals surface area contributed by atoms with Gasteiger partial charge in [0.05, 0.1) is 0 Å². The second-order valence-electron chi connectivity index (χ2n) is 0.0833. The zero-order valence-electron chi connectivity index (χ0n) is 3.32. The van der Waals surface area contributed by atoms with E-state index in [9.17, 15) is 0 Å². The zero-order valence-corrected chi connectivity index (χ0v) is 10.6. The molecule has 0 aliphatic heterocycles. The molecule has 20 valence electrons. The van der Waals surface area contributed by atoms with E-state index >= 15 is 0 Å². The zero-order chi connectivity index (χ0) is 2.71. The van der Waals surface area contributed by atoms with Crippen molar-refractivity contribution >= 4 is 9.03 Å². The predicted molar refractivity (Wildman–Crippen MR) is 8.31 cm³/mol. The number of rotatable bonds is 0. The minimum absolute atomic E-state index is 0. The van der Waals surface area contributed by atoms with Crippen molar-refractivity contribution in [1.29, 1.82) is 0 Å². The van der Waals surface area contributed by atoms with Crippen LogP contribution in [0.3, 0.4) is 0 Å². The molecule has 2 nitrogen and oxygen atoms in total. The summed E-state index contributed by atoms with van der Waals surface area (Å²) < 4.78 is 0. The average molecular weight is 142 g/mol. The first-order valence-electron chi connectivity index (χ1n) is 0.408. The van der Waals surface area contributed by atoms with Gasteiger partial charge in [-0.05, 0) is 0 Å². The van der Waals surface area contributed by atoms with Gasteiger partial charge in [0.15, 0.2) is 0 Å². The van der Waals surface area contributed by atoms with E-state index in [-0.39, 0.29) is 103 Å². The second kappa shape index (κ2) is 15.6.